The molecule has 94 valence electrons. The number of ketones is 2. The van der Waals surface area contributed by atoms with E-state index in [0.29, 0.717) is 12.2 Å². The van der Waals surface area contributed by atoms with Crippen molar-refractivity contribution in [1.82, 2.24) is 0 Å². The van der Waals surface area contributed by atoms with Gasteiger partial charge in [-0.15, -0.1) is 0 Å². The number of carbonyl (C=O) groups is 2. The Morgan fingerprint density at radius 1 is 0.938 bits per heavy atom. The van der Waals surface area contributed by atoms with Crippen molar-refractivity contribution < 1.29 is 36.2 Å². The summed E-state index contributed by atoms with van der Waals surface area (Å²) >= 11 is -0.574. The summed E-state index contributed by atoms with van der Waals surface area (Å²) in [5.74, 6) is -0.125. The molecule has 0 aliphatic heterocycles. The van der Waals surface area contributed by atoms with E-state index in [-0.39, 0.29) is 18.0 Å². The Morgan fingerprint density at radius 2 is 1.25 bits per heavy atom. The number of rotatable bonds is 6. The van der Waals surface area contributed by atoms with Crippen LogP contribution in [0.3, 0.4) is 0 Å². The van der Waals surface area contributed by atoms with E-state index in [1.807, 2.05) is 27.7 Å². The van der Waals surface area contributed by atoms with Crippen molar-refractivity contribution in [2.24, 2.45) is 0 Å². The number of hydrogen-bond donors (Lipinski definition) is 0. The molecule has 0 bridgehead atoms. The van der Waals surface area contributed by atoms with Crippen molar-refractivity contribution >= 4 is 11.6 Å². The molecule has 0 N–H and O–H groups in total. The summed E-state index contributed by atoms with van der Waals surface area (Å²) in [6.07, 6.45) is 0.729. The quantitative estimate of drug-likeness (QED) is 0.546. The molecule has 0 saturated heterocycles. The molecule has 0 radical (unpaired) electrons. The molecule has 0 aromatic rings. The Bertz CT molecular complexity index is 182. The maximum atomic E-state index is 10.0. The van der Waals surface area contributed by atoms with Crippen molar-refractivity contribution in [3.8, 4) is 0 Å². The fraction of sp³-hybridized carbons (Fsp3) is 0.818. The van der Waals surface area contributed by atoms with Gasteiger partial charge < -0.3 is 0 Å². The van der Waals surface area contributed by atoms with E-state index < -0.39 is 19.9 Å². The SMILES string of the molecule is CC(=O)CC(C)=O.CC(C)[O][Ti][O]C(C)C. The Morgan fingerprint density at radius 3 is 1.38 bits per heavy atom. The molecular weight excluding hydrogens is 244 g/mol. The van der Waals surface area contributed by atoms with Crippen LogP contribution in [0.1, 0.15) is 48.0 Å². The van der Waals surface area contributed by atoms with E-state index in [2.05, 4.69) is 0 Å². The van der Waals surface area contributed by atoms with Gasteiger partial charge in [0.15, 0.2) is 0 Å². The third kappa shape index (κ3) is 23.6. The first-order valence-electron chi connectivity index (χ1n) is 5.30. The van der Waals surface area contributed by atoms with Crippen molar-refractivity contribution in [2.45, 2.75) is 60.2 Å². The first kappa shape index (κ1) is 18.3. The predicted octanol–water partition coefficient (Wildman–Crippen LogP) is 2.30. The Labute approximate surface area is 108 Å². The molecule has 0 saturated carbocycles. The van der Waals surface area contributed by atoms with E-state index in [1.54, 1.807) is 0 Å². The summed E-state index contributed by atoms with van der Waals surface area (Å²) in [5.41, 5.74) is 0. The summed E-state index contributed by atoms with van der Waals surface area (Å²) in [4.78, 5) is 20.1. The topological polar surface area (TPSA) is 52.6 Å². The molecule has 0 aliphatic carbocycles. The van der Waals surface area contributed by atoms with Crippen molar-refractivity contribution in [1.29, 1.82) is 0 Å². The average Bonchev–Trinajstić information content (AvgIpc) is 2.00. The summed E-state index contributed by atoms with van der Waals surface area (Å²) < 4.78 is 10.5. The molecule has 0 atom stereocenters. The van der Waals surface area contributed by atoms with Gasteiger partial charge in [-0.2, -0.15) is 0 Å². The number of hydrogen-bond acceptors (Lipinski definition) is 4. The van der Waals surface area contributed by atoms with Gasteiger partial charge in [0, 0.05) is 0 Å². The Hall–Kier alpha value is -0.0257. The van der Waals surface area contributed by atoms with Crippen LogP contribution in [0.15, 0.2) is 0 Å². The summed E-state index contributed by atoms with van der Waals surface area (Å²) in [6.45, 7) is 10.9. The molecule has 0 spiro atoms. The van der Waals surface area contributed by atoms with Crippen molar-refractivity contribution in [2.75, 3.05) is 0 Å². The summed E-state index contributed by atoms with van der Waals surface area (Å²) in [6, 6.07) is 0. The Balaban J connectivity index is 0. The second-order valence-electron chi connectivity index (χ2n) is 4.00. The van der Waals surface area contributed by atoms with Crippen LogP contribution >= 0.6 is 0 Å². The third-order valence-corrected chi connectivity index (χ3v) is 2.84. The molecule has 0 aromatic carbocycles. The molecule has 0 amide bonds. The van der Waals surface area contributed by atoms with Gasteiger partial charge >= 0.3 is 66.5 Å². The van der Waals surface area contributed by atoms with Crippen LogP contribution in [-0.4, -0.2) is 23.8 Å². The van der Waals surface area contributed by atoms with Crippen LogP contribution in [0.5, 0.6) is 0 Å². The molecule has 0 rings (SSSR count). The molecule has 5 heteroatoms. The van der Waals surface area contributed by atoms with Gasteiger partial charge in [-0.3, -0.25) is 9.59 Å². The van der Waals surface area contributed by atoms with E-state index in [1.165, 1.54) is 13.8 Å². The first-order valence-corrected chi connectivity index (χ1v) is 6.58. The van der Waals surface area contributed by atoms with Crippen LogP contribution < -0.4 is 0 Å². The van der Waals surface area contributed by atoms with E-state index >= 15 is 0 Å². The van der Waals surface area contributed by atoms with Crippen LogP contribution in [0.25, 0.3) is 0 Å². The first-order chi connectivity index (χ1) is 7.25. The maximum absolute atomic E-state index is 10.0. The van der Waals surface area contributed by atoms with Crippen molar-refractivity contribution in [3.05, 3.63) is 0 Å². The third-order valence-electron chi connectivity index (χ3n) is 1.07. The zero-order chi connectivity index (χ0) is 13.1. The van der Waals surface area contributed by atoms with Gasteiger partial charge in [-0.25, -0.2) is 0 Å². The van der Waals surface area contributed by atoms with Gasteiger partial charge in [0.05, 0.1) is 6.42 Å². The van der Waals surface area contributed by atoms with Gasteiger partial charge in [-0.1, -0.05) is 0 Å². The average molecular weight is 266 g/mol. The van der Waals surface area contributed by atoms with Crippen LogP contribution in [-0.2, 0) is 36.2 Å². The Kier molecular flexibility index (Phi) is 13.1. The standard InChI is InChI=1S/C5H8O2.2C3H7O.Ti/c1-4(6)3-5(2)7;2*1-3(2)4;/h3H2,1-2H3;2*3H,1-2H3;/q;2*-1;+2. The molecule has 16 heavy (non-hydrogen) atoms. The van der Waals surface area contributed by atoms with Gasteiger partial charge in [0.2, 0.25) is 0 Å². The predicted molar refractivity (Wildman–Crippen MR) is 58.4 cm³/mol. The minimum absolute atomic E-state index is 0.0625. The van der Waals surface area contributed by atoms with Crippen LogP contribution in [0.2, 0.25) is 0 Å². The minimum atomic E-state index is -0.574. The van der Waals surface area contributed by atoms with Crippen LogP contribution in [0.4, 0.5) is 0 Å². The van der Waals surface area contributed by atoms with E-state index in [9.17, 15) is 9.59 Å². The normalized spacial score (nSPS) is 9.75. The second kappa shape index (κ2) is 11.5. The molecule has 0 unspecified atom stereocenters. The second-order valence-corrected chi connectivity index (χ2v) is 4.99. The molecule has 0 aliphatic rings. The summed E-state index contributed by atoms with van der Waals surface area (Å²) in [7, 11) is 0. The van der Waals surface area contributed by atoms with Crippen molar-refractivity contribution in [3.63, 3.8) is 0 Å². The zero-order valence-corrected chi connectivity index (χ0v) is 12.6. The van der Waals surface area contributed by atoms with Gasteiger partial charge in [-0.05, 0) is 13.8 Å². The van der Waals surface area contributed by atoms with Crippen LogP contribution in [0, 0.1) is 0 Å². The molecule has 0 heterocycles. The fourth-order valence-electron chi connectivity index (χ4n) is 0.571. The summed E-state index contributed by atoms with van der Waals surface area (Å²) in [5, 5.41) is 0. The number of Topliss-reactive ketones (excluding diaryl/α,β-unsaturated/α-hetero) is 2. The van der Waals surface area contributed by atoms with E-state index in [0.717, 1.165) is 0 Å². The van der Waals surface area contributed by atoms with E-state index in [4.69, 9.17) is 6.64 Å². The molecule has 4 nitrogen and oxygen atoms in total. The zero-order valence-electron chi connectivity index (χ0n) is 11.0. The van der Waals surface area contributed by atoms with Gasteiger partial charge in [0.25, 0.3) is 0 Å². The molecular formula is C11H22O4Ti. The fourth-order valence-corrected chi connectivity index (χ4v) is 1.26. The van der Waals surface area contributed by atoms with Gasteiger partial charge in [0.1, 0.15) is 11.6 Å². The molecule has 0 aromatic heterocycles. The monoisotopic (exact) mass is 266 g/mol. The molecule has 0 fully saturated rings. The number of carbonyl (C=O) groups excluding carboxylic acids is 2.